The smallest absolute Gasteiger partial charge is 0.307 e. The summed E-state index contributed by atoms with van der Waals surface area (Å²) in [6.07, 6.45) is -0.0946. The third-order valence-electron chi connectivity index (χ3n) is 3.76. The number of aryl methyl sites for hydroxylation is 1. The van der Waals surface area contributed by atoms with Crippen molar-refractivity contribution in [2.24, 2.45) is 0 Å². The number of ether oxygens (including phenoxy) is 1. The molecule has 3 rings (SSSR count). The summed E-state index contributed by atoms with van der Waals surface area (Å²) in [4.78, 5) is 36.8. The zero-order valence-corrected chi connectivity index (χ0v) is 15.0. The fraction of sp³-hybridized carbons (Fsp3) is 0.211. The maximum absolute atomic E-state index is 12.1. The van der Waals surface area contributed by atoms with Gasteiger partial charge in [0, 0.05) is 10.6 Å². The van der Waals surface area contributed by atoms with Crippen LogP contribution < -0.4 is 10.6 Å². The van der Waals surface area contributed by atoms with E-state index in [9.17, 15) is 14.4 Å². The highest BCUT2D eigenvalue weighted by molar-refractivity contribution is 8.01. The van der Waals surface area contributed by atoms with Gasteiger partial charge in [0.15, 0.2) is 6.61 Å². The van der Waals surface area contributed by atoms with Gasteiger partial charge in [-0.15, -0.1) is 11.8 Å². The number of hydrogen-bond acceptors (Lipinski definition) is 5. The first-order valence-electron chi connectivity index (χ1n) is 8.10. The second kappa shape index (κ2) is 8.05. The van der Waals surface area contributed by atoms with Crippen molar-refractivity contribution in [2.45, 2.75) is 23.5 Å². The summed E-state index contributed by atoms with van der Waals surface area (Å²) in [6, 6.07) is 14.7. The largest absolute Gasteiger partial charge is 0.456 e. The number of thioether (sulfide) groups is 1. The Labute approximate surface area is 155 Å². The van der Waals surface area contributed by atoms with Crippen LogP contribution in [0.4, 0.5) is 11.4 Å². The Hall–Kier alpha value is -2.80. The second-order valence-corrected chi connectivity index (χ2v) is 7.12. The Balaban J connectivity index is 1.47. The molecule has 0 saturated heterocycles. The standard InChI is InChI=1S/C19H18N2O4S/c1-12-6-8-13(9-7-12)20-17(22)11-25-18(23)10-16-19(24)21-14-4-2-3-5-15(14)26-16/h2-9,16H,10-11H2,1H3,(H,20,22)(H,21,24)/t16-/m1/s1. The monoisotopic (exact) mass is 370 g/mol. The lowest BCUT2D eigenvalue weighted by atomic mass is 10.2. The van der Waals surface area contributed by atoms with Crippen LogP contribution in [0.15, 0.2) is 53.4 Å². The molecular weight excluding hydrogens is 352 g/mol. The lowest BCUT2D eigenvalue weighted by Crippen LogP contribution is -2.32. The van der Waals surface area contributed by atoms with Crippen LogP contribution in [0.2, 0.25) is 0 Å². The van der Waals surface area contributed by atoms with Crippen molar-refractivity contribution < 1.29 is 19.1 Å². The molecule has 0 radical (unpaired) electrons. The molecule has 0 aromatic heterocycles. The summed E-state index contributed by atoms with van der Waals surface area (Å²) in [5, 5.41) is 4.85. The van der Waals surface area contributed by atoms with E-state index in [2.05, 4.69) is 10.6 Å². The van der Waals surface area contributed by atoms with Crippen molar-refractivity contribution >= 4 is 40.9 Å². The molecule has 2 aromatic rings. The molecular formula is C19H18N2O4S. The van der Waals surface area contributed by atoms with Gasteiger partial charge in [0.2, 0.25) is 5.91 Å². The highest BCUT2D eigenvalue weighted by atomic mass is 32.2. The minimum Gasteiger partial charge on any atom is -0.456 e. The number of carbonyl (C=O) groups excluding carboxylic acids is 3. The molecule has 1 aliphatic rings. The molecule has 6 nitrogen and oxygen atoms in total. The van der Waals surface area contributed by atoms with Gasteiger partial charge in [-0.2, -0.15) is 0 Å². The summed E-state index contributed by atoms with van der Waals surface area (Å²) in [5.41, 5.74) is 2.46. The Morgan fingerprint density at radius 1 is 1.15 bits per heavy atom. The van der Waals surface area contributed by atoms with Crippen molar-refractivity contribution in [3.8, 4) is 0 Å². The number of amides is 2. The quantitative estimate of drug-likeness (QED) is 0.791. The zero-order valence-electron chi connectivity index (χ0n) is 14.2. The first kappa shape index (κ1) is 18.0. The van der Waals surface area contributed by atoms with E-state index < -0.39 is 17.1 Å². The SMILES string of the molecule is Cc1ccc(NC(=O)COC(=O)C[C@H]2Sc3ccccc3NC2=O)cc1. The number of para-hydroxylation sites is 1. The van der Waals surface area contributed by atoms with Gasteiger partial charge in [-0.3, -0.25) is 14.4 Å². The molecule has 2 aromatic carbocycles. The lowest BCUT2D eigenvalue weighted by molar-refractivity contribution is -0.147. The van der Waals surface area contributed by atoms with E-state index in [1.54, 1.807) is 12.1 Å². The highest BCUT2D eigenvalue weighted by Gasteiger charge is 2.29. The third kappa shape index (κ3) is 4.64. The number of carbonyl (C=O) groups is 3. The van der Waals surface area contributed by atoms with Crippen LogP contribution >= 0.6 is 11.8 Å². The van der Waals surface area contributed by atoms with Gasteiger partial charge in [0.05, 0.1) is 17.4 Å². The Kier molecular flexibility index (Phi) is 5.58. The highest BCUT2D eigenvalue weighted by Crippen LogP contribution is 2.36. The molecule has 0 spiro atoms. The molecule has 1 atom stereocenters. The van der Waals surface area contributed by atoms with Gasteiger partial charge in [-0.1, -0.05) is 29.8 Å². The van der Waals surface area contributed by atoms with Crippen LogP contribution in [0.25, 0.3) is 0 Å². The van der Waals surface area contributed by atoms with E-state index in [4.69, 9.17) is 4.74 Å². The normalized spacial score (nSPS) is 15.6. The van der Waals surface area contributed by atoms with Crippen molar-refractivity contribution in [1.29, 1.82) is 0 Å². The van der Waals surface area contributed by atoms with Crippen LogP contribution in [0.3, 0.4) is 0 Å². The molecule has 2 N–H and O–H groups in total. The number of anilines is 2. The van der Waals surface area contributed by atoms with Gasteiger partial charge in [-0.25, -0.2) is 0 Å². The maximum atomic E-state index is 12.1. The first-order chi connectivity index (χ1) is 12.5. The van der Waals surface area contributed by atoms with Crippen LogP contribution in [-0.4, -0.2) is 29.6 Å². The number of nitrogens with one attached hydrogen (secondary N) is 2. The van der Waals surface area contributed by atoms with Gasteiger partial charge in [0.25, 0.3) is 5.91 Å². The summed E-state index contributed by atoms with van der Waals surface area (Å²) >= 11 is 1.32. The molecule has 0 aliphatic carbocycles. The fourth-order valence-electron chi connectivity index (χ4n) is 2.42. The fourth-order valence-corrected chi connectivity index (χ4v) is 3.51. The number of benzene rings is 2. The molecule has 134 valence electrons. The minimum atomic E-state index is -0.587. The molecule has 0 bridgehead atoms. The summed E-state index contributed by atoms with van der Waals surface area (Å²) in [7, 11) is 0. The predicted molar refractivity (Wildman–Crippen MR) is 100 cm³/mol. The Bertz CT molecular complexity index is 836. The Morgan fingerprint density at radius 2 is 1.88 bits per heavy atom. The maximum Gasteiger partial charge on any atom is 0.307 e. The van der Waals surface area contributed by atoms with E-state index in [1.165, 1.54) is 11.8 Å². The van der Waals surface area contributed by atoms with Crippen LogP contribution in [0.5, 0.6) is 0 Å². The Morgan fingerprint density at radius 3 is 2.65 bits per heavy atom. The number of hydrogen-bond donors (Lipinski definition) is 2. The van der Waals surface area contributed by atoms with Gasteiger partial charge in [0.1, 0.15) is 0 Å². The molecule has 1 aliphatic heterocycles. The average Bonchev–Trinajstić information content (AvgIpc) is 2.62. The van der Waals surface area contributed by atoms with Gasteiger partial charge < -0.3 is 15.4 Å². The van der Waals surface area contributed by atoms with Crippen molar-refractivity contribution in [3.63, 3.8) is 0 Å². The summed E-state index contributed by atoms with van der Waals surface area (Å²) < 4.78 is 4.99. The van der Waals surface area contributed by atoms with Crippen LogP contribution in [-0.2, 0) is 19.1 Å². The predicted octanol–water partition coefficient (Wildman–Crippen LogP) is 2.98. The molecule has 2 amide bonds. The van der Waals surface area contributed by atoms with Gasteiger partial charge in [-0.05, 0) is 31.2 Å². The molecule has 26 heavy (non-hydrogen) atoms. The molecule has 0 saturated carbocycles. The topological polar surface area (TPSA) is 84.5 Å². The lowest BCUT2D eigenvalue weighted by Gasteiger charge is -2.23. The molecule has 0 fully saturated rings. The number of esters is 1. The summed E-state index contributed by atoms with van der Waals surface area (Å²) in [5.74, 6) is -1.25. The van der Waals surface area contributed by atoms with Crippen LogP contribution in [0, 0.1) is 6.92 Å². The number of fused-ring (bicyclic) bond motifs is 1. The van der Waals surface area contributed by atoms with E-state index in [0.29, 0.717) is 5.69 Å². The van der Waals surface area contributed by atoms with E-state index >= 15 is 0 Å². The van der Waals surface area contributed by atoms with Crippen molar-refractivity contribution in [3.05, 3.63) is 54.1 Å². The second-order valence-electron chi connectivity index (χ2n) is 5.87. The third-order valence-corrected chi connectivity index (χ3v) is 5.03. The number of rotatable bonds is 5. The van der Waals surface area contributed by atoms with E-state index in [0.717, 1.165) is 16.1 Å². The zero-order chi connectivity index (χ0) is 18.5. The van der Waals surface area contributed by atoms with E-state index in [-0.39, 0.29) is 18.9 Å². The van der Waals surface area contributed by atoms with Gasteiger partial charge >= 0.3 is 5.97 Å². The van der Waals surface area contributed by atoms with Crippen molar-refractivity contribution in [2.75, 3.05) is 17.2 Å². The first-order valence-corrected chi connectivity index (χ1v) is 8.98. The average molecular weight is 370 g/mol. The summed E-state index contributed by atoms with van der Waals surface area (Å²) in [6.45, 7) is 1.56. The molecule has 1 heterocycles. The minimum absolute atomic E-state index is 0.0946. The van der Waals surface area contributed by atoms with E-state index in [1.807, 2.05) is 43.3 Å². The molecule has 7 heteroatoms. The molecule has 0 unspecified atom stereocenters. The van der Waals surface area contributed by atoms with Crippen molar-refractivity contribution in [1.82, 2.24) is 0 Å². The van der Waals surface area contributed by atoms with Crippen LogP contribution in [0.1, 0.15) is 12.0 Å².